The van der Waals surface area contributed by atoms with Crippen molar-refractivity contribution >= 4 is 164 Å². The molecular weight excluding hydrogens is 1800 g/mol. The SMILES string of the molecule is c1ccc(-c2ccc3c4ccccc4n(-c4cccc5c4oc4cccc(-c6ccc(-c7nc8ccccc8n7-c7ccccc7)cc6)c45)c3c2)cc1.c1ccc(-c2nc3ccccc3n2-c2ccc(-c3cccc4oc5c(-n6c7ccccc7c7ccccc76)cccc5c34)cc2)cc1.c1ccc(-n2c(-c3ccc(-c4cccc5oc6c(-n7c8ccccc8c8ccccc87)cccc6c45)cc3)nc3ccccc32)cc1. The summed E-state index contributed by atoms with van der Waals surface area (Å²) in [4.78, 5) is 15.2. The quantitative estimate of drug-likeness (QED) is 0.114. The molecule has 0 saturated heterocycles. The van der Waals surface area contributed by atoms with Crippen LogP contribution in [0.2, 0.25) is 0 Å². The van der Waals surface area contributed by atoms with Crippen molar-refractivity contribution < 1.29 is 13.3 Å². The molecule has 0 atom stereocenters. The monoisotopic (exact) mass is 1880 g/mol. The molecule has 0 spiro atoms. The van der Waals surface area contributed by atoms with Gasteiger partial charge in [0.1, 0.15) is 34.2 Å². The maximum atomic E-state index is 6.84. The summed E-state index contributed by atoms with van der Waals surface area (Å²) in [6.07, 6.45) is 0. The van der Waals surface area contributed by atoms with Gasteiger partial charge in [-0.2, -0.15) is 0 Å². The van der Waals surface area contributed by atoms with Crippen LogP contribution in [-0.2, 0) is 0 Å². The Kier molecular flexibility index (Phi) is 19.7. The first-order valence-electron chi connectivity index (χ1n) is 49.8. The maximum absolute atomic E-state index is 6.84. The first-order valence-corrected chi connectivity index (χ1v) is 49.8. The maximum Gasteiger partial charge on any atom is 0.159 e. The number of imidazole rings is 3. The van der Waals surface area contributed by atoms with E-state index >= 15 is 0 Å². The van der Waals surface area contributed by atoms with Crippen LogP contribution in [0, 0.1) is 0 Å². The number of aromatic nitrogens is 9. The number of benzene rings is 22. The van der Waals surface area contributed by atoms with Crippen LogP contribution >= 0.6 is 0 Å². The van der Waals surface area contributed by atoms with Gasteiger partial charge in [0.25, 0.3) is 0 Å². The van der Waals surface area contributed by atoms with E-state index in [0.29, 0.717) is 0 Å². The molecule has 0 fully saturated rings. The molecule has 0 aliphatic rings. The molecule has 0 unspecified atom stereocenters. The van der Waals surface area contributed by atoms with Crippen molar-refractivity contribution in [1.29, 1.82) is 0 Å². The minimum atomic E-state index is 0.866. The Morgan fingerprint density at radius 1 is 0.150 bits per heavy atom. The van der Waals surface area contributed by atoms with Gasteiger partial charge in [-0.05, 0) is 190 Å². The van der Waals surface area contributed by atoms with Crippen molar-refractivity contribution in [3.8, 4) is 113 Å². The van der Waals surface area contributed by atoms with Crippen molar-refractivity contribution in [2.75, 3.05) is 0 Å². The smallest absolute Gasteiger partial charge is 0.159 e. The predicted molar refractivity (Wildman–Crippen MR) is 606 cm³/mol. The van der Waals surface area contributed by atoms with Gasteiger partial charge in [0.05, 0.1) is 83.3 Å². The molecule has 0 saturated carbocycles. The van der Waals surface area contributed by atoms with E-state index in [9.17, 15) is 0 Å². The van der Waals surface area contributed by atoms with E-state index in [1.807, 2.05) is 36.4 Å². The average molecular weight is 1880 g/mol. The third kappa shape index (κ3) is 13.8. The largest absolute Gasteiger partial charge is 0.454 e. The Balaban J connectivity index is 0.000000104. The van der Waals surface area contributed by atoms with Crippen LogP contribution in [0.1, 0.15) is 0 Å². The second kappa shape index (κ2) is 34.5. The van der Waals surface area contributed by atoms with Crippen molar-refractivity contribution in [3.63, 3.8) is 0 Å². The molecular formula is C135H85N9O3. The molecule has 9 aromatic heterocycles. The number of hydrogen-bond acceptors (Lipinski definition) is 6. The van der Waals surface area contributed by atoms with Crippen LogP contribution in [0.15, 0.2) is 529 Å². The Hall–Kier alpha value is -20.0. The molecule has 22 aromatic carbocycles. The van der Waals surface area contributed by atoms with E-state index < -0.39 is 0 Å². The Morgan fingerprint density at radius 2 is 0.395 bits per heavy atom. The van der Waals surface area contributed by atoms with Gasteiger partial charge in [0, 0.05) is 98.4 Å². The van der Waals surface area contributed by atoms with Gasteiger partial charge in [-0.25, -0.2) is 15.0 Å². The molecule has 0 bridgehead atoms. The van der Waals surface area contributed by atoms with Gasteiger partial charge in [-0.1, -0.05) is 370 Å². The van der Waals surface area contributed by atoms with E-state index in [2.05, 4.69) is 507 Å². The fourth-order valence-corrected chi connectivity index (χ4v) is 22.7. The lowest BCUT2D eigenvalue weighted by molar-refractivity contribution is 0.666. The standard InChI is InChI=1S/C49H31N3O.2C43H27N3O/c1-3-13-32(14-4-1)35-29-30-39-38-17-7-9-21-42(38)52(45(39)31-35)44-23-11-19-40-47-37(18-12-24-46(47)53-48(40)44)33-25-27-34(28-26-33)49-50-41-20-8-10-22-43(41)51(49)36-15-5-2-6-16-36;1-2-12-30(13-3-1)45-38-21-9-6-18-35(38)44-43(45)29-26-24-28(25-27-29)31-16-11-23-40-41(31)34-17-10-22-39(42(34)47-40)46-36-19-7-4-14-32(36)33-15-5-8-20-37(33)46;1-2-12-29(13-3-1)43-44-35-18-6-9-21-38(35)45(43)30-26-24-28(25-27-30)31-16-11-23-40-41(31)34-17-10-22-39(42(34)47-40)46-36-19-7-4-14-32(36)33-15-5-8-20-37(33)46/h1-31H;2*1-27H. The lowest BCUT2D eigenvalue weighted by atomic mass is 9.98. The van der Waals surface area contributed by atoms with Gasteiger partial charge in [-0.15, -0.1) is 0 Å². The molecule has 9 heterocycles. The first-order chi connectivity index (χ1) is 73.0. The van der Waals surface area contributed by atoms with E-state index in [0.717, 1.165) is 212 Å². The van der Waals surface area contributed by atoms with Crippen LogP contribution in [0.5, 0.6) is 0 Å². The fraction of sp³-hybridized carbons (Fsp3) is 0. The highest BCUT2D eigenvalue weighted by Gasteiger charge is 2.28. The van der Waals surface area contributed by atoms with Crippen LogP contribution in [0.3, 0.4) is 0 Å². The number of nitrogens with zero attached hydrogens (tertiary/aromatic N) is 9. The second-order valence-corrected chi connectivity index (χ2v) is 37.5. The van der Waals surface area contributed by atoms with Gasteiger partial charge in [0.15, 0.2) is 16.7 Å². The van der Waals surface area contributed by atoms with E-state index in [1.54, 1.807) is 0 Å². The Labute approximate surface area is 842 Å². The lowest BCUT2D eigenvalue weighted by Gasteiger charge is -2.11. The van der Waals surface area contributed by atoms with Crippen LogP contribution < -0.4 is 0 Å². The highest BCUT2D eigenvalue weighted by atomic mass is 16.3. The summed E-state index contributed by atoms with van der Waals surface area (Å²) in [5.41, 5.74) is 37.2. The van der Waals surface area contributed by atoms with Crippen molar-refractivity contribution in [1.82, 2.24) is 42.4 Å². The highest BCUT2D eigenvalue weighted by molar-refractivity contribution is 6.20. The molecule has 12 heteroatoms. The minimum Gasteiger partial charge on any atom is -0.454 e. The number of rotatable bonds is 13. The van der Waals surface area contributed by atoms with E-state index in [1.165, 1.54) is 65.5 Å². The molecule has 0 aliphatic carbocycles. The summed E-state index contributed by atoms with van der Waals surface area (Å²) in [7, 11) is 0. The number of furan rings is 3. The summed E-state index contributed by atoms with van der Waals surface area (Å²) in [6, 6.07) is 182. The molecule has 12 nitrogen and oxygen atoms in total. The van der Waals surface area contributed by atoms with E-state index in [4.69, 9.17) is 28.2 Å². The fourth-order valence-electron chi connectivity index (χ4n) is 22.7. The Morgan fingerprint density at radius 3 is 0.741 bits per heavy atom. The summed E-state index contributed by atoms with van der Waals surface area (Å²) >= 11 is 0. The topological polar surface area (TPSA) is 108 Å². The summed E-state index contributed by atoms with van der Waals surface area (Å²) in [5, 5.41) is 14.0. The highest BCUT2D eigenvalue weighted by Crippen LogP contribution is 2.49. The summed E-state index contributed by atoms with van der Waals surface area (Å²) in [6.45, 7) is 0. The minimum absolute atomic E-state index is 0.866. The predicted octanol–water partition coefficient (Wildman–Crippen LogP) is 35.7. The van der Waals surface area contributed by atoms with Gasteiger partial charge < -0.3 is 27.0 Å². The van der Waals surface area contributed by atoms with Crippen molar-refractivity contribution in [2.45, 2.75) is 0 Å². The first kappa shape index (κ1) is 84.0. The van der Waals surface area contributed by atoms with Gasteiger partial charge in [-0.3, -0.25) is 13.7 Å². The zero-order chi connectivity index (χ0) is 96.7. The zero-order valence-corrected chi connectivity index (χ0v) is 79.3. The Bertz CT molecular complexity index is 10500. The number of fused-ring (bicyclic) bond motifs is 21. The van der Waals surface area contributed by atoms with E-state index in [-0.39, 0.29) is 0 Å². The zero-order valence-electron chi connectivity index (χ0n) is 79.3. The normalized spacial score (nSPS) is 11.8. The molecule has 0 N–H and O–H groups in total. The van der Waals surface area contributed by atoms with Crippen molar-refractivity contribution in [3.05, 3.63) is 516 Å². The number of hydrogen-bond donors (Lipinski definition) is 0. The number of para-hydroxylation sites is 16. The molecule has 31 aromatic rings. The molecule has 0 amide bonds. The van der Waals surface area contributed by atoms with Crippen LogP contribution in [0.4, 0.5) is 0 Å². The third-order valence-corrected chi connectivity index (χ3v) is 29.3. The van der Waals surface area contributed by atoms with Crippen LogP contribution in [-0.4, -0.2) is 42.4 Å². The molecule has 0 aliphatic heterocycles. The second-order valence-electron chi connectivity index (χ2n) is 37.5. The summed E-state index contributed by atoms with van der Waals surface area (Å²) in [5.74, 6) is 2.77. The molecule has 147 heavy (non-hydrogen) atoms. The van der Waals surface area contributed by atoms with Crippen molar-refractivity contribution in [2.24, 2.45) is 0 Å². The molecule has 688 valence electrons. The van der Waals surface area contributed by atoms with Crippen LogP contribution in [0.25, 0.3) is 277 Å². The third-order valence-electron chi connectivity index (χ3n) is 29.3. The van der Waals surface area contributed by atoms with Gasteiger partial charge in [0.2, 0.25) is 0 Å². The molecule has 31 rings (SSSR count). The van der Waals surface area contributed by atoms with Gasteiger partial charge >= 0.3 is 0 Å². The molecule has 0 radical (unpaired) electrons. The summed E-state index contributed by atoms with van der Waals surface area (Å²) < 4.78 is 34.1. The average Bonchev–Trinajstić information content (AvgIpc) is 1.58. The lowest BCUT2D eigenvalue weighted by Crippen LogP contribution is -1.97.